The summed E-state index contributed by atoms with van der Waals surface area (Å²) in [7, 11) is -5.06. The molecule has 1 rings (SSSR count). The fourth-order valence-corrected chi connectivity index (χ4v) is 8.61. The van der Waals surface area contributed by atoms with Crippen molar-refractivity contribution in [2.45, 2.75) is 269 Å². The first-order valence-electron chi connectivity index (χ1n) is 26.1. The molecule has 0 aromatic heterocycles. The highest BCUT2D eigenvalue weighted by molar-refractivity contribution is 7.80. The normalized spacial score (nSPS) is 19.9. The van der Waals surface area contributed by atoms with E-state index in [1.807, 2.05) is 0 Å². The van der Waals surface area contributed by atoms with Crippen LogP contribution in [0.25, 0.3) is 0 Å². The summed E-state index contributed by atoms with van der Waals surface area (Å²) >= 11 is 0. The lowest BCUT2D eigenvalue weighted by molar-refractivity contribution is -0.301. The Morgan fingerprint density at radius 1 is 0.594 bits per heavy atom. The lowest BCUT2D eigenvalue weighted by atomic mass is 9.99. The van der Waals surface area contributed by atoms with Crippen molar-refractivity contribution in [3.05, 3.63) is 24.3 Å². The Hall–Kier alpha value is -1.42. The van der Waals surface area contributed by atoms with Crippen molar-refractivity contribution in [3.8, 4) is 0 Å². The number of unbranched alkanes of at least 4 members (excludes halogenated alkanes) is 29. The molecule has 0 aromatic rings. The van der Waals surface area contributed by atoms with E-state index in [9.17, 15) is 33.1 Å². The second-order valence-corrected chi connectivity index (χ2v) is 19.2. The number of aliphatic hydroxyl groups excluding tert-OH is 3. The van der Waals surface area contributed by atoms with Crippen LogP contribution in [0.2, 0.25) is 0 Å². The van der Waals surface area contributed by atoms with E-state index >= 15 is 0 Å². The number of allylic oxidation sites excluding steroid dienone is 4. The highest BCUT2D eigenvalue weighted by atomic mass is 32.3. The van der Waals surface area contributed by atoms with Crippen LogP contribution in [0.3, 0.4) is 0 Å². The van der Waals surface area contributed by atoms with Crippen LogP contribution in [0.5, 0.6) is 0 Å². The largest absolute Gasteiger partial charge is 0.457 e. The summed E-state index contributed by atoms with van der Waals surface area (Å²) in [4.78, 5) is 12.9. The molecule has 0 aromatic carbocycles. The van der Waals surface area contributed by atoms with Gasteiger partial charge in [0.1, 0.15) is 30.5 Å². The third-order valence-corrected chi connectivity index (χ3v) is 12.5. The molecule has 1 heterocycles. The summed E-state index contributed by atoms with van der Waals surface area (Å²) in [5, 5.41) is 30.7. The van der Waals surface area contributed by atoms with Gasteiger partial charge in [-0.15, -0.1) is 0 Å². The summed E-state index contributed by atoms with van der Waals surface area (Å²) in [5.41, 5.74) is 0. The predicted molar refractivity (Wildman–Crippen MR) is 257 cm³/mol. The van der Waals surface area contributed by atoms with E-state index in [1.54, 1.807) is 0 Å². The number of carbonyl (C=O) groups excluding carboxylic acids is 1. The molecule has 0 bridgehead atoms. The van der Waals surface area contributed by atoms with Gasteiger partial charge in [-0.25, -0.2) is 4.18 Å². The van der Waals surface area contributed by atoms with Gasteiger partial charge in [0.05, 0.1) is 19.8 Å². The highest BCUT2D eigenvalue weighted by Gasteiger charge is 2.48. The zero-order valence-electron chi connectivity index (χ0n) is 40.6. The van der Waals surface area contributed by atoms with Gasteiger partial charge in [0.15, 0.2) is 6.29 Å². The smallest absolute Gasteiger partial charge is 0.397 e. The Morgan fingerprint density at radius 3 is 1.53 bits per heavy atom. The molecule has 0 saturated carbocycles. The Balaban J connectivity index is 2.31. The van der Waals surface area contributed by atoms with Crippen LogP contribution in [0.4, 0.5) is 0 Å². The van der Waals surface area contributed by atoms with Gasteiger partial charge in [-0.05, 0) is 38.5 Å². The molecule has 1 aliphatic heterocycles. The Bertz CT molecular complexity index is 1210. The van der Waals surface area contributed by atoms with E-state index in [-0.39, 0.29) is 19.6 Å². The van der Waals surface area contributed by atoms with Crippen molar-refractivity contribution in [2.24, 2.45) is 0 Å². The molecule has 0 aliphatic carbocycles. The lowest BCUT2D eigenvalue weighted by Crippen LogP contribution is -2.60. The Labute approximate surface area is 391 Å². The van der Waals surface area contributed by atoms with Crippen molar-refractivity contribution in [1.82, 2.24) is 0 Å². The fraction of sp³-hybridized carbons (Fsp3) is 0.902. The standard InChI is InChI=1S/C51H96O12S/c1-3-5-7-9-11-13-15-17-19-20-21-22-23-24-25-26-27-29-31-33-35-37-39-41-59-43-45(44-60-51-49(55)50(63-64(56,57)58)48(54)46(42-52)62-51)61-47(53)40-38-36-34-32-30-28-18-16-14-12-10-8-6-4-2/h10,12,16,18,45-46,48-52,54-55H,3-9,11,13-15,17,19-44H2,1-2H3,(H,56,57,58)/b12-10-,18-16-. The zero-order valence-corrected chi connectivity index (χ0v) is 41.4. The first-order valence-corrected chi connectivity index (χ1v) is 27.5. The Kier molecular flexibility index (Phi) is 40.6. The number of esters is 1. The monoisotopic (exact) mass is 933 g/mol. The van der Waals surface area contributed by atoms with Crippen LogP contribution in [0.1, 0.15) is 232 Å². The molecular weight excluding hydrogens is 837 g/mol. The molecule has 1 fully saturated rings. The molecule has 12 nitrogen and oxygen atoms in total. The minimum atomic E-state index is -5.06. The van der Waals surface area contributed by atoms with Crippen LogP contribution < -0.4 is 0 Å². The molecule has 378 valence electrons. The maximum atomic E-state index is 12.9. The molecule has 0 radical (unpaired) electrons. The van der Waals surface area contributed by atoms with Gasteiger partial charge < -0.3 is 34.3 Å². The minimum absolute atomic E-state index is 0.0346. The van der Waals surface area contributed by atoms with Gasteiger partial charge in [0.25, 0.3) is 0 Å². The summed E-state index contributed by atoms with van der Waals surface area (Å²) in [6.07, 6.45) is 40.8. The molecule has 0 spiro atoms. The first kappa shape index (κ1) is 60.6. The average Bonchev–Trinajstić information content (AvgIpc) is 3.27. The molecular formula is C51H96O12S. The third kappa shape index (κ3) is 35.7. The van der Waals surface area contributed by atoms with Crippen LogP contribution in [0, 0.1) is 0 Å². The van der Waals surface area contributed by atoms with E-state index < -0.39 is 59.8 Å². The van der Waals surface area contributed by atoms with Gasteiger partial charge in [-0.3, -0.25) is 9.35 Å². The quantitative estimate of drug-likeness (QED) is 0.0197. The maximum absolute atomic E-state index is 12.9. The Morgan fingerprint density at radius 2 is 1.05 bits per heavy atom. The number of ether oxygens (including phenoxy) is 4. The SMILES string of the molecule is CCCC/C=C\C/C=C\CCCCCCCC(=O)OC(COCCCCCCCCCCCCCCCCCCCCCCCCC)COC1OC(CO)C(O)C(OS(=O)(=O)O)C1O. The van der Waals surface area contributed by atoms with Crippen LogP contribution in [-0.2, 0) is 38.3 Å². The summed E-state index contributed by atoms with van der Waals surface area (Å²) in [6, 6.07) is 0. The second kappa shape index (κ2) is 42.9. The molecule has 64 heavy (non-hydrogen) atoms. The highest BCUT2D eigenvalue weighted by Crippen LogP contribution is 2.26. The molecule has 0 amide bonds. The molecule has 4 N–H and O–H groups in total. The molecule has 1 aliphatic rings. The maximum Gasteiger partial charge on any atom is 0.397 e. The number of hydrogen-bond donors (Lipinski definition) is 4. The number of aliphatic hydroxyl groups is 3. The number of rotatable bonds is 46. The number of hydrogen-bond acceptors (Lipinski definition) is 11. The summed E-state index contributed by atoms with van der Waals surface area (Å²) < 4.78 is 59.2. The summed E-state index contributed by atoms with van der Waals surface area (Å²) in [5.74, 6) is -0.409. The van der Waals surface area contributed by atoms with Crippen LogP contribution in [-0.4, -0.2) is 97.5 Å². The first-order chi connectivity index (χ1) is 31.1. The molecule has 1 saturated heterocycles. The molecule has 6 unspecified atom stereocenters. The van der Waals surface area contributed by atoms with Crippen LogP contribution >= 0.6 is 0 Å². The fourth-order valence-electron chi connectivity index (χ4n) is 8.10. The third-order valence-electron chi connectivity index (χ3n) is 12.1. The van der Waals surface area contributed by atoms with Gasteiger partial charge in [0.2, 0.25) is 0 Å². The van der Waals surface area contributed by atoms with Crippen molar-refractivity contribution in [3.63, 3.8) is 0 Å². The minimum Gasteiger partial charge on any atom is -0.457 e. The topological polar surface area (TPSA) is 178 Å². The van der Waals surface area contributed by atoms with Gasteiger partial charge >= 0.3 is 16.4 Å². The van der Waals surface area contributed by atoms with Crippen molar-refractivity contribution in [1.29, 1.82) is 0 Å². The second-order valence-electron chi connectivity index (χ2n) is 18.1. The van der Waals surface area contributed by atoms with E-state index in [2.05, 4.69) is 42.3 Å². The lowest BCUT2D eigenvalue weighted by Gasteiger charge is -2.41. The predicted octanol–water partition coefficient (Wildman–Crippen LogP) is 12.0. The van der Waals surface area contributed by atoms with Gasteiger partial charge in [0, 0.05) is 13.0 Å². The van der Waals surface area contributed by atoms with Gasteiger partial charge in [-0.2, -0.15) is 8.42 Å². The van der Waals surface area contributed by atoms with E-state index in [1.165, 1.54) is 141 Å². The average molecular weight is 933 g/mol. The van der Waals surface area contributed by atoms with Crippen molar-refractivity contribution in [2.75, 3.05) is 26.4 Å². The van der Waals surface area contributed by atoms with Crippen molar-refractivity contribution >= 4 is 16.4 Å². The van der Waals surface area contributed by atoms with Gasteiger partial charge in [-0.1, -0.05) is 212 Å². The number of carbonyl (C=O) groups is 1. The zero-order chi connectivity index (χ0) is 46.8. The summed E-state index contributed by atoms with van der Waals surface area (Å²) in [6.45, 7) is 3.97. The van der Waals surface area contributed by atoms with Crippen LogP contribution in [0.15, 0.2) is 24.3 Å². The van der Waals surface area contributed by atoms with E-state index in [0.717, 1.165) is 64.2 Å². The van der Waals surface area contributed by atoms with E-state index in [0.29, 0.717) is 13.0 Å². The van der Waals surface area contributed by atoms with Crippen molar-refractivity contribution < 1.29 is 56.2 Å². The molecule has 6 atom stereocenters. The molecule has 13 heteroatoms. The van der Waals surface area contributed by atoms with E-state index in [4.69, 9.17) is 18.9 Å².